The van der Waals surface area contributed by atoms with Crippen molar-refractivity contribution >= 4 is 29.3 Å². The monoisotopic (exact) mass is 435 g/mol. The molecule has 1 aliphatic carbocycles. The second kappa shape index (κ2) is 8.93. The SMILES string of the molecule is Cc1ccc(-n2cnnc2SCC(=O)Nc2cc(C(=O)NC3CC3)ccc2C)cc1C. The average Bonchev–Trinajstić information content (AvgIpc) is 3.43. The molecule has 8 heteroatoms. The lowest BCUT2D eigenvalue weighted by Gasteiger charge is -2.11. The molecule has 2 aromatic carbocycles. The van der Waals surface area contributed by atoms with Crippen molar-refractivity contribution in [2.75, 3.05) is 11.1 Å². The fraction of sp³-hybridized carbons (Fsp3) is 0.304. The van der Waals surface area contributed by atoms with E-state index in [-0.39, 0.29) is 23.6 Å². The molecule has 2 amide bonds. The van der Waals surface area contributed by atoms with Crippen LogP contribution in [0.5, 0.6) is 0 Å². The number of aromatic nitrogens is 3. The van der Waals surface area contributed by atoms with Gasteiger partial charge < -0.3 is 10.6 Å². The van der Waals surface area contributed by atoms with Crippen LogP contribution in [0, 0.1) is 20.8 Å². The van der Waals surface area contributed by atoms with E-state index in [0.29, 0.717) is 16.4 Å². The van der Waals surface area contributed by atoms with Gasteiger partial charge in [-0.2, -0.15) is 0 Å². The van der Waals surface area contributed by atoms with E-state index < -0.39 is 0 Å². The number of aryl methyl sites for hydroxylation is 3. The molecule has 2 N–H and O–H groups in total. The molecule has 0 bridgehead atoms. The molecule has 0 spiro atoms. The Kier molecular flexibility index (Phi) is 6.08. The minimum atomic E-state index is -0.164. The first-order valence-corrected chi connectivity index (χ1v) is 11.2. The largest absolute Gasteiger partial charge is 0.349 e. The van der Waals surface area contributed by atoms with Crippen LogP contribution < -0.4 is 10.6 Å². The molecule has 31 heavy (non-hydrogen) atoms. The molecule has 1 aromatic heterocycles. The lowest BCUT2D eigenvalue weighted by atomic mass is 10.1. The summed E-state index contributed by atoms with van der Waals surface area (Å²) in [5.41, 5.74) is 5.45. The highest BCUT2D eigenvalue weighted by molar-refractivity contribution is 7.99. The Morgan fingerprint density at radius 3 is 2.58 bits per heavy atom. The molecule has 0 aliphatic heterocycles. The van der Waals surface area contributed by atoms with Crippen LogP contribution in [-0.2, 0) is 4.79 Å². The van der Waals surface area contributed by atoms with Crippen LogP contribution in [-0.4, -0.2) is 38.4 Å². The van der Waals surface area contributed by atoms with Crippen molar-refractivity contribution in [3.63, 3.8) is 0 Å². The highest BCUT2D eigenvalue weighted by Crippen LogP contribution is 2.23. The van der Waals surface area contributed by atoms with Gasteiger partial charge in [0, 0.05) is 23.0 Å². The van der Waals surface area contributed by atoms with Crippen LogP contribution in [0.4, 0.5) is 5.69 Å². The second-order valence-electron chi connectivity index (χ2n) is 7.87. The Morgan fingerprint density at radius 1 is 1.06 bits per heavy atom. The third kappa shape index (κ3) is 5.14. The number of amides is 2. The molecular formula is C23H25N5O2S. The zero-order valence-electron chi connectivity index (χ0n) is 17.8. The summed E-state index contributed by atoms with van der Waals surface area (Å²) < 4.78 is 1.87. The summed E-state index contributed by atoms with van der Waals surface area (Å²) in [6.07, 6.45) is 3.72. The van der Waals surface area contributed by atoms with Gasteiger partial charge in [0.1, 0.15) is 6.33 Å². The number of nitrogens with one attached hydrogen (secondary N) is 2. The summed E-state index contributed by atoms with van der Waals surface area (Å²) in [4.78, 5) is 24.9. The lowest BCUT2D eigenvalue weighted by molar-refractivity contribution is -0.113. The third-order valence-electron chi connectivity index (χ3n) is 5.30. The molecule has 0 unspecified atom stereocenters. The van der Waals surface area contributed by atoms with E-state index >= 15 is 0 Å². The smallest absolute Gasteiger partial charge is 0.251 e. The van der Waals surface area contributed by atoms with Crippen molar-refractivity contribution in [3.8, 4) is 5.69 Å². The summed E-state index contributed by atoms with van der Waals surface area (Å²) in [5.74, 6) is -0.0852. The van der Waals surface area contributed by atoms with Crippen molar-refractivity contribution in [1.82, 2.24) is 20.1 Å². The summed E-state index contributed by atoms with van der Waals surface area (Å²) in [6, 6.07) is 11.8. The number of carbonyl (C=O) groups excluding carboxylic acids is 2. The molecule has 1 heterocycles. The second-order valence-corrected chi connectivity index (χ2v) is 8.81. The third-order valence-corrected chi connectivity index (χ3v) is 6.25. The summed E-state index contributed by atoms with van der Waals surface area (Å²) in [5, 5.41) is 14.7. The Labute approximate surface area is 185 Å². The van der Waals surface area contributed by atoms with Crippen LogP contribution in [0.2, 0.25) is 0 Å². The molecule has 4 rings (SSSR count). The number of anilines is 1. The maximum atomic E-state index is 12.6. The van der Waals surface area contributed by atoms with Gasteiger partial charge in [0.05, 0.1) is 5.75 Å². The quantitative estimate of drug-likeness (QED) is 0.551. The number of carbonyl (C=O) groups is 2. The van der Waals surface area contributed by atoms with Gasteiger partial charge in [-0.05, 0) is 74.6 Å². The predicted molar refractivity (Wildman–Crippen MR) is 122 cm³/mol. The maximum absolute atomic E-state index is 12.6. The zero-order chi connectivity index (χ0) is 22.0. The van der Waals surface area contributed by atoms with Crippen LogP contribution in [0.15, 0.2) is 47.9 Å². The fourth-order valence-corrected chi connectivity index (χ4v) is 3.81. The van der Waals surface area contributed by atoms with Gasteiger partial charge in [-0.3, -0.25) is 14.2 Å². The Bertz CT molecular complexity index is 1140. The van der Waals surface area contributed by atoms with Crippen LogP contribution >= 0.6 is 11.8 Å². The number of thioether (sulfide) groups is 1. The normalized spacial score (nSPS) is 13.1. The highest BCUT2D eigenvalue weighted by Gasteiger charge is 2.24. The van der Waals surface area contributed by atoms with Gasteiger partial charge in [-0.25, -0.2) is 0 Å². The van der Waals surface area contributed by atoms with E-state index in [9.17, 15) is 9.59 Å². The van der Waals surface area contributed by atoms with Gasteiger partial charge in [0.15, 0.2) is 5.16 Å². The molecule has 0 atom stereocenters. The zero-order valence-corrected chi connectivity index (χ0v) is 18.6. The number of rotatable bonds is 7. The molecular weight excluding hydrogens is 410 g/mol. The maximum Gasteiger partial charge on any atom is 0.251 e. The van der Waals surface area contributed by atoms with Crippen molar-refractivity contribution in [2.45, 2.75) is 44.8 Å². The molecule has 1 aliphatic rings. The first-order chi connectivity index (χ1) is 14.9. The van der Waals surface area contributed by atoms with E-state index in [0.717, 1.165) is 24.1 Å². The average molecular weight is 436 g/mol. The van der Waals surface area contributed by atoms with E-state index in [1.165, 1.54) is 22.9 Å². The van der Waals surface area contributed by atoms with Crippen LogP contribution in [0.25, 0.3) is 5.69 Å². The number of hydrogen-bond donors (Lipinski definition) is 2. The highest BCUT2D eigenvalue weighted by atomic mass is 32.2. The molecule has 1 saturated carbocycles. The van der Waals surface area contributed by atoms with E-state index in [1.54, 1.807) is 18.5 Å². The minimum Gasteiger partial charge on any atom is -0.349 e. The Morgan fingerprint density at radius 2 is 1.84 bits per heavy atom. The van der Waals surface area contributed by atoms with Gasteiger partial charge in [0.25, 0.3) is 5.91 Å². The fourth-order valence-electron chi connectivity index (χ4n) is 3.09. The topological polar surface area (TPSA) is 88.9 Å². The van der Waals surface area contributed by atoms with Crippen LogP contribution in [0.1, 0.15) is 39.9 Å². The van der Waals surface area contributed by atoms with Crippen molar-refractivity contribution in [1.29, 1.82) is 0 Å². The van der Waals surface area contributed by atoms with E-state index in [2.05, 4.69) is 46.8 Å². The lowest BCUT2D eigenvalue weighted by Crippen LogP contribution is -2.25. The first kappa shape index (κ1) is 21.1. The predicted octanol–water partition coefficient (Wildman–Crippen LogP) is 3.82. The van der Waals surface area contributed by atoms with Gasteiger partial charge in [-0.1, -0.05) is 23.9 Å². The van der Waals surface area contributed by atoms with Gasteiger partial charge in [-0.15, -0.1) is 10.2 Å². The van der Waals surface area contributed by atoms with Crippen molar-refractivity contribution in [3.05, 3.63) is 65.0 Å². The summed E-state index contributed by atoms with van der Waals surface area (Å²) in [7, 11) is 0. The van der Waals surface area contributed by atoms with E-state index in [4.69, 9.17) is 0 Å². The molecule has 7 nitrogen and oxygen atoms in total. The molecule has 160 valence electrons. The number of nitrogens with zero attached hydrogens (tertiary/aromatic N) is 3. The van der Waals surface area contributed by atoms with E-state index in [1.807, 2.05) is 23.6 Å². The minimum absolute atomic E-state index is 0.103. The molecule has 0 radical (unpaired) electrons. The Hall–Kier alpha value is -3.13. The first-order valence-electron chi connectivity index (χ1n) is 10.2. The van der Waals surface area contributed by atoms with Gasteiger partial charge >= 0.3 is 0 Å². The number of hydrogen-bond acceptors (Lipinski definition) is 5. The van der Waals surface area contributed by atoms with Crippen LogP contribution in [0.3, 0.4) is 0 Å². The van der Waals surface area contributed by atoms with Gasteiger partial charge in [0.2, 0.25) is 5.91 Å². The molecule has 3 aromatic rings. The molecule has 1 fully saturated rings. The van der Waals surface area contributed by atoms with Crippen molar-refractivity contribution < 1.29 is 9.59 Å². The summed E-state index contributed by atoms with van der Waals surface area (Å²) >= 11 is 1.32. The number of benzene rings is 2. The standard InChI is InChI=1S/C23H25N5O2S/c1-14-5-9-19(10-16(14)3)28-13-24-27-23(28)31-12-21(29)26-20-11-17(6-4-15(20)2)22(30)25-18-7-8-18/h4-6,9-11,13,18H,7-8,12H2,1-3H3,(H,25,30)(H,26,29). The Balaban J connectivity index is 1.40. The molecule has 0 saturated heterocycles. The summed E-state index contributed by atoms with van der Waals surface area (Å²) in [6.45, 7) is 6.03. The van der Waals surface area contributed by atoms with Crippen molar-refractivity contribution in [2.24, 2.45) is 0 Å².